The van der Waals surface area contributed by atoms with Crippen LogP contribution >= 0.6 is 11.6 Å². The lowest BCUT2D eigenvalue weighted by Gasteiger charge is -2.33. The van der Waals surface area contributed by atoms with Crippen molar-refractivity contribution in [3.8, 4) is 5.75 Å². The van der Waals surface area contributed by atoms with Crippen LogP contribution in [0.25, 0.3) is 0 Å². The van der Waals surface area contributed by atoms with Gasteiger partial charge in [0, 0.05) is 24.0 Å². The molecule has 1 aliphatic rings. The molecule has 1 N–H and O–H groups in total. The van der Waals surface area contributed by atoms with Crippen LogP contribution in [-0.4, -0.2) is 35.4 Å². The fourth-order valence-corrected chi connectivity index (χ4v) is 4.57. The molecule has 2 amide bonds. The van der Waals surface area contributed by atoms with Crippen molar-refractivity contribution in [2.24, 2.45) is 0 Å². The third-order valence-corrected chi connectivity index (χ3v) is 6.68. The zero-order chi connectivity index (χ0) is 24.3. The van der Waals surface area contributed by atoms with E-state index in [1.807, 2.05) is 62.4 Å². The van der Waals surface area contributed by atoms with Gasteiger partial charge in [-0.1, -0.05) is 67.6 Å². The molecule has 1 fully saturated rings. The average molecular weight is 485 g/mol. The first-order valence-corrected chi connectivity index (χ1v) is 12.9. The lowest BCUT2D eigenvalue weighted by Crippen LogP contribution is -2.51. The van der Waals surface area contributed by atoms with E-state index in [-0.39, 0.29) is 17.9 Å². The highest BCUT2D eigenvalue weighted by Gasteiger charge is 2.30. The van der Waals surface area contributed by atoms with E-state index in [9.17, 15) is 9.59 Å². The summed E-state index contributed by atoms with van der Waals surface area (Å²) in [7, 11) is 0. The summed E-state index contributed by atoms with van der Waals surface area (Å²) in [6.45, 7) is 4.83. The van der Waals surface area contributed by atoms with E-state index in [0.717, 1.165) is 37.0 Å². The Balaban J connectivity index is 1.63. The van der Waals surface area contributed by atoms with Crippen LogP contribution in [0.2, 0.25) is 5.02 Å². The SMILES string of the molecule is CC[C@@H](C(=O)NC1CCCCC1)N(Cc1ccc(Cl)cc1)C(=O)CCCOc1ccc(C)cc1. The molecule has 1 atom stereocenters. The van der Waals surface area contributed by atoms with Crippen LogP contribution < -0.4 is 10.1 Å². The van der Waals surface area contributed by atoms with Gasteiger partial charge in [-0.15, -0.1) is 0 Å². The van der Waals surface area contributed by atoms with Gasteiger partial charge in [0.1, 0.15) is 11.8 Å². The van der Waals surface area contributed by atoms with E-state index >= 15 is 0 Å². The standard InChI is InChI=1S/C28H37ClN2O3/c1-3-26(28(33)30-24-8-5-4-6-9-24)31(20-22-13-15-23(29)16-14-22)27(32)10-7-19-34-25-17-11-21(2)12-18-25/h11-18,24,26H,3-10,19-20H2,1-2H3,(H,30,33)/t26-/m0/s1. The first kappa shape index (κ1) is 26.1. The lowest BCUT2D eigenvalue weighted by atomic mass is 9.95. The minimum absolute atomic E-state index is 0.0342. The zero-order valence-electron chi connectivity index (χ0n) is 20.4. The Labute approximate surface area is 208 Å². The number of carbonyl (C=O) groups is 2. The van der Waals surface area contributed by atoms with Crippen molar-refractivity contribution >= 4 is 23.4 Å². The lowest BCUT2D eigenvalue weighted by molar-refractivity contribution is -0.142. The number of rotatable bonds is 11. The second kappa shape index (κ2) is 13.4. The number of carbonyl (C=O) groups excluding carboxylic acids is 2. The van der Waals surface area contributed by atoms with E-state index in [0.29, 0.717) is 37.4 Å². The smallest absolute Gasteiger partial charge is 0.243 e. The van der Waals surface area contributed by atoms with Crippen LogP contribution in [0.3, 0.4) is 0 Å². The Morgan fingerprint density at radius 3 is 2.38 bits per heavy atom. The molecular weight excluding hydrogens is 448 g/mol. The average Bonchev–Trinajstić information content (AvgIpc) is 2.84. The summed E-state index contributed by atoms with van der Waals surface area (Å²) >= 11 is 6.04. The quantitative estimate of drug-likeness (QED) is 0.394. The summed E-state index contributed by atoms with van der Waals surface area (Å²) in [5.41, 5.74) is 2.13. The summed E-state index contributed by atoms with van der Waals surface area (Å²) in [4.78, 5) is 28.3. The minimum atomic E-state index is -0.497. The molecule has 0 heterocycles. The minimum Gasteiger partial charge on any atom is -0.494 e. The maximum absolute atomic E-state index is 13.3. The number of nitrogens with one attached hydrogen (secondary N) is 1. The Morgan fingerprint density at radius 1 is 1.06 bits per heavy atom. The van der Waals surface area contributed by atoms with Gasteiger partial charge >= 0.3 is 0 Å². The van der Waals surface area contributed by atoms with Crippen molar-refractivity contribution in [2.75, 3.05) is 6.61 Å². The molecular formula is C28H37ClN2O3. The van der Waals surface area contributed by atoms with Gasteiger partial charge in [-0.25, -0.2) is 0 Å². The molecule has 1 aliphatic carbocycles. The van der Waals surface area contributed by atoms with Gasteiger partial charge in [0.2, 0.25) is 11.8 Å². The van der Waals surface area contributed by atoms with Crippen LogP contribution in [-0.2, 0) is 16.1 Å². The van der Waals surface area contributed by atoms with Gasteiger partial charge in [-0.05, 0) is 62.4 Å². The van der Waals surface area contributed by atoms with E-state index < -0.39 is 6.04 Å². The molecule has 2 aromatic rings. The maximum Gasteiger partial charge on any atom is 0.243 e. The number of halogens is 1. The molecule has 5 nitrogen and oxygen atoms in total. The summed E-state index contributed by atoms with van der Waals surface area (Å²) in [5.74, 6) is 0.718. The summed E-state index contributed by atoms with van der Waals surface area (Å²) < 4.78 is 5.79. The predicted molar refractivity (Wildman–Crippen MR) is 137 cm³/mol. The number of amides is 2. The molecule has 3 rings (SSSR count). The fourth-order valence-electron chi connectivity index (χ4n) is 4.44. The maximum atomic E-state index is 13.3. The second-order valence-electron chi connectivity index (χ2n) is 9.18. The molecule has 0 spiro atoms. The first-order chi connectivity index (χ1) is 16.5. The van der Waals surface area contributed by atoms with Crippen molar-refractivity contribution in [2.45, 2.75) is 83.8 Å². The van der Waals surface area contributed by atoms with Crippen LogP contribution in [0.4, 0.5) is 0 Å². The Kier molecular flexibility index (Phi) is 10.3. The molecule has 0 aliphatic heterocycles. The molecule has 0 aromatic heterocycles. The molecule has 2 aromatic carbocycles. The van der Waals surface area contributed by atoms with Crippen molar-refractivity contribution < 1.29 is 14.3 Å². The van der Waals surface area contributed by atoms with E-state index in [2.05, 4.69) is 5.32 Å². The van der Waals surface area contributed by atoms with Crippen LogP contribution in [0, 0.1) is 6.92 Å². The number of hydrogen-bond acceptors (Lipinski definition) is 3. The first-order valence-electron chi connectivity index (χ1n) is 12.5. The number of hydrogen-bond donors (Lipinski definition) is 1. The largest absolute Gasteiger partial charge is 0.494 e. The van der Waals surface area contributed by atoms with Gasteiger partial charge < -0.3 is 15.0 Å². The van der Waals surface area contributed by atoms with E-state index in [4.69, 9.17) is 16.3 Å². The molecule has 0 radical (unpaired) electrons. The predicted octanol–water partition coefficient (Wildman–Crippen LogP) is 6.06. The van der Waals surface area contributed by atoms with Gasteiger partial charge in [-0.3, -0.25) is 9.59 Å². The molecule has 1 saturated carbocycles. The third kappa shape index (κ3) is 8.05. The molecule has 34 heavy (non-hydrogen) atoms. The van der Waals surface area contributed by atoms with Gasteiger partial charge in [-0.2, -0.15) is 0 Å². The third-order valence-electron chi connectivity index (χ3n) is 6.43. The van der Waals surface area contributed by atoms with E-state index in [1.165, 1.54) is 12.0 Å². The van der Waals surface area contributed by atoms with Crippen molar-refractivity contribution in [3.63, 3.8) is 0 Å². The van der Waals surface area contributed by atoms with Crippen molar-refractivity contribution in [3.05, 3.63) is 64.7 Å². The molecule has 0 saturated heterocycles. The van der Waals surface area contributed by atoms with Crippen molar-refractivity contribution in [1.82, 2.24) is 10.2 Å². The monoisotopic (exact) mass is 484 g/mol. The number of nitrogens with zero attached hydrogens (tertiary/aromatic N) is 1. The highest BCUT2D eigenvalue weighted by atomic mass is 35.5. The highest BCUT2D eigenvalue weighted by Crippen LogP contribution is 2.20. The Morgan fingerprint density at radius 2 is 1.74 bits per heavy atom. The molecule has 6 heteroatoms. The number of aryl methyl sites for hydroxylation is 1. The number of ether oxygens (including phenoxy) is 1. The van der Waals surface area contributed by atoms with Crippen molar-refractivity contribution in [1.29, 1.82) is 0 Å². The number of benzene rings is 2. The zero-order valence-corrected chi connectivity index (χ0v) is 21.2. The molecule has 184 valence electrons. The second-order valence-corrected chi connectivity index (χ2v) is 9.62. The normalized spacial score (nSPS) is 14.9. The van der Waals surface area contributed by atoms with Crippen LogP contribution in [0.15, 0.2) is 48.5 Å². The summed E-state index contributed by atoms with van der Waals surface area (Å²) in [6.07, 6.45) is 7.05. The topological polar surface area (TPSA) is 58.6 Å². The summed E-state index contributed by atoms with van der Waals surface area (Å²) in [5, 5.41) is 3.86. The van der Waals surface area contributed by atoms with Gasteiger partial charge in [0.25, 0.3) is 0 Å². The molecule has 0 bridgehead atoms. The molecule has 0 unspecified atom stereocenters. The summed E-state index contributed by atoms with van der Waals surface area (Å²) in [6, 6.07) is 15.1. The van der Waals surface area contributed by atoms with Gasteiger partial charge in [0.15, 0.2) is 0 Å². The highest BCUT2D eigenvalue weighted by molar-refractivity contribution is 6.30. The Bertz CT molecular complexity index is 908. The Hall–Kier alpha value is -2.53. The van der Waals surface area contributed by atoms with Gasteiger partial charge in [0.05, 0.1) is 6.61 Å². The van der Waals surface area contributed by atoms with Crippen LogP contribution in [0.5, 0.6) is 5.75 Å². The van der Waals surface area contributed by atoms with Crippen LogP contribution in [0.1, 0.15) is 69.4 Å². The fraction of sp³-hybridized carbons (Fsp3) is 0.500. The van der Waals surface area contributed by atoms with E-state index in [1.54, 1.807) is 4.90 Å².